The molecule has 5 heteroatoms. The fourth-order valence-corrected chi connectivity index (χ4v) is 2.12. The van der Waals surface area contributed by atoms with Gasteiger partial charge in [0.1, 0.15) is 11.5 Å². The van der Waals surface area contributed by atoms with E-state index in [2.05, 4.69) is 0 Å². The predicted octanol–water partition coefficient (Wildman–Crippen LogP) is 2.77. The molecule has 1 aromatic carbocycles. The maximum atomic E-state index is 10.8. The molecule has 0 amide bonds. The lowest BCUT2D eigenvalue weighted by atomic mass is 10.2. The largest absolute Gasteiger partial charge is 0.497 e. The minimum atomic E-state index is -0.801. The minimum absolute atomic E-state index is 0.102. The number of rotatable bonds is 8. The molecule has 0 bridgehead atoms. The molecule has 112 valence electrons. The Hall–Kier alpha value is -2.27. The molecule has 0 saturated carbocycles. The third-order valence-corrected chi connectivity index (χ3v) is 3.14. The van der Waals surface area contributed by atoms with E-state index < -0.39 is 5.97 Å². The first-order valence-electron chi connectivity index (χ1n) is 6.77. The summed E-state index contributed by atoms with van der Waals surface area (Å²) in [7, 11) is 1.63. The Morgan fingerprint density at radius 1 is 1.29 bits per heavy atom. The zero-order chi connectivity index (χ0) is 15.1. The molecule has 0 aliphatic heterocycles. The molecule has 1 heterocycles. The number of ether oxygens (including phenoxy) is 1. The Kier molecular flexibility index (Phi) is 5.40. The summed E-state index contributed by atoms with van der Waals surface area (Å²) in [6, 6.07) is 11.5. The molecule has 5 nitrogen and oxygen atoms in total. The van der Waals surface area contributed by atoms with Crippen molar-refractivity contribution in [1.29, 1.82) is 0 Å². The van der Waals surface area contributed by atoms with Gasteiger partial charge in [-0.15, -0.1) is 0 Å². The van der Waals surface area contributed by atoms with E-state index >= 15 is 0 Å². The molecule has 2 aromatic rings. The van der Waals surface area contributed by atoms with E-state index in [0.29, 0.717) is 19.6 Å². The smallest absolute Gasteiger partial charge is 0.304 e. The fraction of sp³-hybridized carbons (Fsp3) is 0.312. The number of methoxy groups -OCH3 is 1. The topological polar surface area (TPSA) is 62.9 Å². The van der Waals surface area contributed by atoms with Crippen molar-refractivity contribution in [2.45, 2.75) is 19.5 Å². The highest BCUT2D eigenvalue weighted by Gasteiger charge is 2.11. The van der Waals surface area contributed by atoms with E-state index in [1.807, 2.05) is 41.3 Å². The first kappa shape index (κ1) is 15.1. The number of hydrogen-bond donors (Lipinski definition) is 1. The Morgan fingerprint density at radius 2 is 2.14 bits per heavy atom. The summed E-state index contributed by atoms with van der Waals surface area (Å²) >= 11 is 0. The van der Waals surface area contributed by atoms with E-state index in [1.54, 1.807) is 13.4 Å². The van der Waals surface area contributed by atoms with Gasteiger partial charge in [0.05, 0.1) is 26.3 Å². The second-order valence-corrected chi connectivity index (χ2v) is 4.79. The van der Waals surface area contributed by atoms with E-state index in [-0.39, 0.29) is 6.42 Å². The Balaban J connectivity index is 2.04. The van der Waals surface area contributed by atoms with Crippen LogP contribution >= 0.6 is 0 Å². The molecule has 0 aliphatic rings. The quantitative estimate of drug-likeness (QED) is 0.809. The van der Waals surface area contributed by atoms with Crippen molar-refractivity contribution in [1.82, 2.24) is 4.90 Å². The molecule has 0 spiro atoms. The Labute approximate surface area is 123 Å². The van der Waals surface area contributed by atoms with E-state index in [1.165, 1.54) is 0 Å². The van der Waals surface area contributed by atoms with Crippen LogP contribution in [-0.2, 0) is 17.9 Å². The second-order valence-electron chi connectivity index (χ2n) is 4.79. The van der Waals surface area contributed by atoms with Crippen LogP contribution in [0.5, 0.6) is 5.75 Å². The van der Waals surface area contributed by atoms with Gasteiger partial charge >= 0.3 is 5.97 Å². The van der Waals surface area contributed by atoms with E-state index in [4.69, 9.17) is 14.3 Å². The van der Waals surface area contributed by atoms with Crippen LogP contribution in [0.1, 0.15) is 17.7 Å². The van der Waals surface area contributed by atoms with Gasteiger partial charge in [-0.05, 0) is 29.8 Å². The fourth-order valence-electron chi connectivity index (χ4n) is 2.12. The van der Waals surface area contributed by atoms with Crippen LogP contribution in [0.4, 0.5) is 0 Å². The number of benzene rings is 1. The van der Waals surface area contributed by atoms with Crippen LogP contribution in [0, 0.1) is 0 Å². The lowest BCUT2D eigenvalue weighted by Gasteiger charge is -2.20. The molecule has 0 saturated heterocycles. The molecule has 21 heavy (non-hydrogen) atoms. The van der Waals surface area contributed by atoms with Crippen LogP contribution in [0.2, 0.25) is 0 Å². The lowest BCUT2D eigenvalue weighted by Crippen LogP contribution is -2.25. The predicted molar refractivity (Wildman–Crippen MR) is 78.1 cm³/mol. The molecular weight excluding hydrogens is 270 g/mol. The Morgan fingerprint density at radius 3 is 2.81 bits per heavy atom. The first-order valence-corrected chi connectivity index (χ1v) is 6.77. The van der Waals surface area contributed by atoms with Crippen LogP contribution < -0.4 is 4.74 Å². The third-order valence-electron chi connectivity index (χ3n) is 3.14. The van der Waals surface area contributed by atoms with Crippen LogP contribution in [-0.4, -0.2) is 29.6 Å². The zero-order valence-electron chi connectivity index (χ0n) is 12.0. The van der Waals surface area contributed by atoms with Crippen molar-refractivity contribution in [2.24, 2.45) is 0 Å². The summed E-state index contributed by atoms with van der Waals surface area (Å²) in [6.45, 7) is 1.69. The lowest BCUT2D eigenvalue weighted by molar-refractivity contribution is -0.137. The van der Waals surface area contributed by atoms with Crippen molar-refractivity contribution in [3.63, 3.8) is 0 Å². The van der Waals surface area contributed by atoms with Gasteiger partial charge in [0.2, 0.25) is 0 Å². The van der Waals surface area contributed by atoms with Crippen molar-refractivity contribution < 1.29 is 19.1 Å². The van der Waals surface area contributed by atoms with Crippen LogP contribution in [0.15, 0.2) is 47.1 Å². The SMILES string of the molecule is COc1cccc(CN(CCC(=O)O)Cc2ccco2)c1. The molecule has 0 fully saturated rings. The van der Waals surface area contributed by atoms with Gasteiger partial charge in [-0.25, -0.2) is 0 Å². The third kappa shape index (κ3) is 4.96. The molecule has 1 aromatic heterocycles. The number of carbonyl (C=O) groups is 1. The molecule has 0 radical (unpaired) electrons. The highest BCUT2D eigenvalue weighted by Crippen LogP contribution is 2.16. The summed E-state index contributed by atoms with van der Waals surface area (Å²) in [5, 5.41) is 8.87. The highest BCUT2D eigenvalue weighted by molar-refractivity contribution is 5.66. The van der Waals surface area contributed by atoms with E-state index in [0.717, 1.165) is 17.1 Å². The average molecular weight is 289 g/mol. The summed E-state index contributed by atoms with van der Waals surface area (Å²) in [6.07, 6.45) is 1.72. The first-order chi connectivity index (χ1) is 10.2. The van der Waals surface area contributed by atoms with Crippen molar-refractivity contribution in [3.05, 3.63) is 54.0 Å². The van der Waals surface area contributed by atoms with Crippen molar-refractivity contribution >= 4 is 5.97 Å². The summed E-state index contributed by atoms with van der Waals surface area (Å²) in [4.78, 5) is 12.8. The summed E-state index contributed by atoms with van der Waals surface area (Å²) < 4.78 is 10.5. The molecule has 0 unspecified atom stereocenters. The van der Waals surface area contributed by atoms with Gasteiger partial charge in [-0.3, -0.25) is 9.69 Å². The molecular formula is C16H19NO4. The second kappa shape index (κ2) is 7.50. The van der Waals surface area contributed by atoms with Crippen LogP contribution in [0.25, 0.3) is 0 Å². The van der Waals surface area contributed by atoms with Gasteiger partial charge in [-0.1, -0.05) is 12.1 Å². The Bertz CT molecular complexity index is 565. The number of aliphatic carboxylic acids is 1. The normalized spacial score (nSPS) is 10.8. The van der Waals surface area contributed by atoms with Crippen molar-refractivity contribution in [2.75, 3.05) is 13.7 Å². The molecule has 1 N–H and O–H groups in total. The highest BCUT2D eigenvalue weighted by atomic mass is 16.5. The number of nitrogens with zero attached hydrogens (tertiary/aromatic N) is 1. The minimum Gasteiger partial charge on any atom is -0.497 e. The number of furan rings is 1. The van der Waals surface area contributed by atoms with E-state index in [9.17, 15) is 4.79 Å². The summed E-state index contributed by atoms with van der Waals surface area (Å²) in [5.74, 6) is 0.817. The standard InChI is InChI=1S/C16H19NO4/c1-20-14-5-2-4-13(10-14)11-17(8-7-16(18)19)12-15-6-3-9-21-15/h2-6,9-10H,7-8,11-12H2,1H3,(H,18,19). The van der Waals surface area contributed by atoms with Gasteiger partial charge < -0.3 is 14.3 Å². The van der Waals surface area contributed by atoms with Gasteiger partial charge in [0, 0.05) is 13.1 Å². The van der Waals surface area contributed by atoms with Crippen LogP contribution in [0.3, 0.4) is 0 Å². The molecule has 2 rings (SSSR count). The number of hydrogen-bond acceptors (Lipinski definition) is 4. The van der Waals surface area contributed by atoms with Gasteiger partial charge in [0.15, 0.2) is 0 Å². The average Bonchev–Trinajstić information content (AvgIpc) is 2.98. The number of carboxylic acids is 1. The maximum absolute atomic E-state index is 10.8. The van der Waals surface area contributed by atoms with Crippen molar-refractivity contribution in [3.8, 4) is 5.75 Å². The van der Waals surface area contributed by atoms with Gasteiger partial charge in [0.25, 0.3) is 0 Å². The summed E-state index contributed by atoms with van der Waals surface area (Å²) in [5.41, 5.74) is 1.08. The zero-order valence-corrected chi connectivity index (χ0v) is 12.0. The molecule has 0 atom stereocenters. The van der Waals surface area contributed by atoms with Gasteiger partial charge in [-0.2, -0.15) is 0 Å². The number of carboxylic acid groups (broad SMARTS) is 1. The molecule has 0 aliphatic carbocycles. The monoisotopic (exact) mass is 289 g/mol. The maximum Gasteiger partial charge on any atom is 0.304 e.